The van der Waals surface area contributed by atoms with Crippen LogP contribution < -0.4 is 0 Å². The first-order valence-electron chi connectivity index (χ1n) is 6.60. The summed E-state index contributed by atoms with van der Waals surface area (Å²) in [5, 5.41) is 10.4. The van der Waals surface area contributed by atoms with Gasteiger partial charge in [0, 0.05) is 21.2 Å². The first kappa shape index (κ1) is 15.3. The van der Waals surface area contributed by atoms with Crippen LogP contribution in [0.1, 0.15) is 21.5 Å². The second kappa shape index (κ2) is 5.89. The summed E-state index contributed by atoms with van der Waals surface area (Å²) < 4.78 is 11.6. The van der Waals surface area contributed by atoms with Crippen molar-refractivity contribution in [1.29, 1.82) is 0 Å². The quantitative estimate of drug-likeness (QED) is 0.920. The zero-order chi connectivity index (χ0) is 15.7. The maximum atomic E-state index is 11.6. The van der Waals surface area contributed by atoms with Gasteiger partial charge in [-0.1, -0.05) is 41.4 Å². The molecular weight excluding hydrogens is 327 g/mol. The summed E-state index contributed by atoms with van der Waals surface area (Å²) in [6.45, 7) is 0.731. The fourth-order valence-corrected chi connectivity index (χ4v) is 2.84. The van der Waals surface area contributed by atoms with Crippen LogP contribution in [0, 0.1) is 0 Å². The number of carboxylic acid groups (broad SMARTS) is 1. The fraction of sp³-hybridized carbons (Fsp3) is 0.188. The van der Waals surface area contributed by atoms with E-state index in [1.165, 1.54) is 6.07 Å². The Balaban J connectivity index is 2.20. The van der Waals surface area contributed by atoms with E-state index in [-0.39, 0.29) is 5.56 Å². The van der Waals surface area contributed by atoms with Crippen molar-refractivity contribution in [2.45, 2.75) is 5.79 Å². The summed E-state index contributed by atoms with van der Waals surface area (Å²) in [4.78, 5) is 11.6. The van der Waals surface area contributed by atoms with Crippen LogP contribution in [-0.4, -0.2) is 24.3 Å². The third kappa shape index (κ3) is 2.59. The van der Waals surface area contributed by atoms with Gasteiger partial charge in [-0.15, -0.1) is 0 Å². The molecule has 1 fully saturated rings. The Morgan fingerprint density at radius 3 is 2.18 bits per heavy atom. The number of benzene rings is 2. The minimum Gasteiger partial charge on any atom is -0.478 e. The minimum atomic E-state index is -1.26. The van der Waals surface area contributed by atoms with Crippen molar-refractivity contribution in [3.05, 3.63) is 69.2 Å². The molecule has 4 nitrogen and oxygen atoms in total. The first-order valence-corrected chi connectivity index (χ1v) is 7.36. The normalized spacial score (nSPS) is 16.6. The third-order valence-corrected chi connectivity index (χ3v) is 3.97. The lowest BCUT2D eigenvalue weighted by atomic mass is 9.93. The van der Waals surface area contributed by atoms with Crippen molar-refractivity contribution in [2.24, 2.45) is 0 Å². The van der Waals surface area contributed by atoms with Crippen LogP contribution in [-0.2, 0) is 15.3 Å². The van der Waals surface area contributed by atoms with Gasteiger partial charge in [-0.2, -0.15) is 0 Å². The molecule has 1 heterocycles. The lowest BCUT2D eigenvalue weighted by Crippen LogP contribution is -2.31. The zero-order valence-electron chi connectivity index (χ0n) is 11.4. The van der Waals surface area contributed by atoms with Crippen LogP contribution in [0.4, 0.5) is 0 Å². The molecule has 3 rings (SSSR count). The topological polar surface area (TPSA) is 55.8 Å². The highest BCUT2D eigenvalue weighted by Crippen LogP contribution is 2.41. The van der Waals surface area contributed by atoms with Crippen LogP contribution in [0.5, 0.6) is 0 Å². The predicted octanol–water partition coefficient (Wildman–Crippen LogP) is 3.94. The summed E-state index contributed by atoms with van der Waals surface area (Å²) in [6.07, 6.45) is 0. The summed E-state index contributed by atoms with van der Waals surface area (Å²) in [5.74, 6) is -2.35. The smallest absolute Gasteiger partial charge is 0.336 e. The van der Waals surface area contributed by atoms with Gasteiger partial charge in [-0.3, -0.25) is 0 Å². The van der Waals surface area contributed by atoms with Crippen LogP contribution >= 0.6 is 23.2 Å². The number of rotatable bonds is 3. The molecule has 0 amide bonds. The Morgan fingerprint density at radius 1 is 1.00 bits per heavy atom. The molecule has 6 heteroatoms. The van der Waals surface area contributed by atoms with E-state index in [1.807, 2.05) is 0 Å². The van der Waals surface area contributed by atoms with Gasteiger partial charge in [0.25, 0.3) is 0 Å². The average Bonchev–Trinajstić information content (AvgIpc) is 2.98. The van der Waals surface area contributed by atoms with E-state index in [0.29, 0.717) is 34.4 Å². The highest BCUT2D eigenvalue weighted by molar-refractivity contribution is 6.31. The van der Waals surface area contributed by atoms with Crippen LogP contribution in [0.15, 0.2) is 42.5 Å². The summed E-state index contributed by atoms with van der Waals surface area (Å²) in [6, 6.07) is 11.6. The molecule has 0 bridgehead atoms. The second-order valence-electron chi connectivity index (χ2n) is 4.82. The molecule has 22 heavy (non-hydrogen) atoms. The minimum absolute atomic E-state index is 0.0457. The molecule has 0 aromatic heterocycles. The lowest BCUT2D eigenvalue weighted by molar-refractivity contribution is -0.130. The number of hydrogen-bond acceptors (Lipinski definition) is 3. The largest absolute Gasteiger partial charge is 0.478 e. The SMILES string of the molecule is O=C(O)c1cc(Cl)ccc1C1(c2ccc(Cl)cc2)OCCO1. The van der Waals surface area contributed by atoms with Gasteiger partial charge in [0.15, 0.2) is 0 Å². The van der Waals surface area contributed by atoms with Crippen molar-refractivity contribution in [1.82, 2.24) is 0 Å². The van der Waals surface area contributed by atoms with E-state index in [1.54, 1.807) is 36.4 Å². The highest BCUT2D eigenvalue weighted by Gasteiger charge is 2.43. The molecule has 114 valence electrons. The van der Waals surface area contributed by atoms with E-state index < -0.39 is 11.8 Å². The Bertz CT molecular complexity index is 707. The maximum absolute atomic E-state index is 11.6. The molecular formula is C16H12Cl2O4. The van der Waals surface area contributed by atoms with Gasteiger partial charge in [-0.25, -0.2) is 4.79 Å². The molecule has 2 aromatic rings. The third-order valence-electron chi connectivity index (χ3n) is 3.48. The molecule has 1 saturated heterocycles. The molecule has 1 N–H and O–H groups in total. The van der Waals surface area contributed by atoms with Crippen molar-refractivity contribution in [2.75, 3.05) is 13.2 Å². The van der Waals surface area contributed by atoms with Gasteiger partial charge in [0.1, 0.15) is 0 Å². The number of carboxylic acids is 1. The van der Waals surface area contributed by atoms with Crippen LogP contribution in [0.3, 0.4) is 0 Å². The molecule has 0 spiro atoms. The van der Waals surface area contributed by atoms with Crippen molar-refractivity contribution < 1.29 is 19.4 Å². The number of carbonyl (C=O) groups is 1. The molecule has 0 atom stereocenters. The van der Waals surface area contributed by atoms with Crippen LogP contribution in [0.25, 0.3) is 0 Å². The molecule has 0 radical (unpaired) electrons. The standard InChI is InChI=1S/C16H12Cl2O4/c17-11-3-1-10(2-4-11)16(21-7-8-22-16)14-6-5-12(18)9-13(14)15(19)20/h1-6,9H,7-8H2,(H,19,20). The monoisotopic (exact) mass is 338 g/mol. The molecule has 1 aliphatic heterocycles. The lowest BCUT2D eigenvalue weighted by Gasteiger charge is -2.29. The number of hydrogen-bond donors (Lipinski definition) is 1. The molecule has 0 aliphatic carbocycles. The van der Waals surface area contributed by atoms with Crippen molar-refractivity contribution in [3.8, 4) is 0 Å². The van der Waals surface area contributed by atoms with E-state index in [0.717, 1.165) is 0 Å². The number of ether oxygens (including phenoxy) is 2. The molecule has 0 unspecified atom stereocenters. The van der Waals surface area contributed by atoms with E-state index >= 15 is 0 Å². The van der Waals surface area contributed by atoms with Gasteiger partial charge < -0.3 is 14.6 Å². The maximum Gasteiger partial charge on any atom is 0.336 e. The molecule has 2 aromatic carbocycles. The van der Waals surface area contributed by atoms with E-state index in [4.69, 9.17) is 32.7 Å². The number of aromatic carboxylic acids is 1. The van der Waals surface area contributed by atoms with Gasteiger partial charge >= 0.3 is 5.97 Å². The first-order chi connectivity index (χ1) is 10.5. The molecule has 1 aliphatic rings. The fourth-order valence-electron chi connectivity index (χ4n) is 2.54. The Kier molecular flexibility index (Phi) is 4.10. The number of halogens is 2. The van der Waals surface area contributed by atoms with Gasteiger partial charge in [0.05, 0.1) is 18.8 Å². The second-order valence-corrected chi connectivity index (χ2v) is 5.69. The summed E-state index contributed by atoms with van der Waals surface area (Å²) in [7, 11) is 0. The average molecular weight is 339 g/mol. The van der Waals surface area contributed by atoms with Crippen molar-refractivity contribution >= 4 is 29.2 Å². The zero-order valence-corrected chi connectivity index (χ0v) is 12.9. The predicted molar refractivity (Wildman–Crippen MR) is 82.5 cm³/mol. The Morgan fingerprint density at radius 2 is 1.59 bits per heavy atom. The highest BCUT2D eigenvalue weighted by atomic mass is 35.5. The Labute approximate surface area is 137 Å². The summed E-state index contributed by atoms with van der Waals surface area (Å²) >= 11 is 11.8. The van der Waals surface area contributed by atoms with Gasteiger partial charge in [0.2, 0.25) is 5.79 Å². The van der Waals surface area contributed by atoms with Crippen molar-refractivity contribution in [3.63, 3.8) is 0 Å². The summed E-state index contributed by atoms with van der Waals surface area (Å²) in [5.41, 5.74) is 1.13. The Hall–Kier alpha value is -1.59. The van der Waals surface area contributed by atoms with Gasteiger partial charge in [-0.05, 0) is 24.3 Å². The van der Waals surface area contributed by atoms with E-state index in [9.17, 15) is 9.90 Å². The van der Waals surface area contributed by atoms with E-state index in [2.05, 4.69) is 0 Å². The van der Waals surface area contributed by atoms with Crippen LogP contribution in [0.2, 0.25) is 10.0 Å². The molecule has 0 saturated carbocycles.